The van der Waals surface area contributed by atoms with Gasteiger partial charge in [0.15, 0.2) is 6.61 Å². The fourth-order valence-corrected chi connectivity index (χ4v) is 2.79. The molecular weight excluding hydrogens is 318 g/mol. The Balaban J connectivity index is 1.46. The average molecular weight is 341 g/mol. The molecule has 1 aromatic carbocycles. The Bertz CT molecular complexity index is 668. The van der Waals surface area contributed by atoms with Crippen LogP contribution in [0.3, 0.4) is 0 Å². The Morgan fingerprint density at radius 1 is 1.12 bits per heavy atom. The van der Waals surface area contributed by atoms with Crippen molar-refractivity contribution in [2.24, 2.45) is 11.7 Å². The topological polar surface area (TPSA) is 77.7 Å². The van der Waals surface area contributed by atoms with Crippen molar-refractivity contribution < 1.29 is 14.3 Å². The third-order valence-corrected chi connectivity index (χ3v) is 4.35. The van der Waals surface area contributed by atoms with Gasteiger partial charge in [0.05, 0.1) is 0 Å². The minimum atomic E-state index is 0.0179. The molecule has 132 valence electrons. The van der Waals surface area contributed by atoms with Crippen molar-refractivity contribution in [3.8, 4) is 17.4 Å². The number of nitrogens with two attached hydrogens (primary N) is 1. The minimum absolute atomic E-state index is 0.0179. The summed E-state index contributed by atoms with van der Waals surface area (Å²) in [4.78, 5) is 18.2. The van der Waals surface area contributed by atoms with Gasteiger partial charge in [-0.25, -0.2) is 4.98 Å². The molecule has 0 unspecified atom stereocenters. The van der Waals surface area contributed by atoms with Crippen molar-refractivity contribution >= 4 is 5.91 Å². The quantitative estimate of drug-likeness (QED) is 0.873. The van der Waals surface area contributed by atoms with E-state index in [4.69, 9.17) is 15.2 Å². The summed E-state index contributed by atoms with van der Waals surface area (Å²) >= 11 is 0. The standard InChI is InChI=1S/C19H23N3O3/c20-13-15-8-11-22(12-9-15)19(23)14-24-16-4-6-17(7-5-16)25-18-3-1-2-10-21-18/h1-7,10,15H,8-9,11-14,20H2. The first kappa shape index (κ1) is 17.2. The number of benzene rings is 1. The van der Waals surface area contributed by atoms with Gasteiger partial charge in [-0.2, -0.15) is 0 Å². The van der Waals surface area contributed by atoms with Crippen LogP contribution in [-0.4, -0.2) is 42.0 Å². The lowest BCUT2D eigenvalue weighted by Gasteiger charge is -2.31. The van der Waals surface area contributed by atoms with E-state index in [1.165, 1.54) is 0 Å². The van der Waals surface area contributed by atoms with Crippen molar-refractivity contribution in [3.05, 3.63) is 48.7 Å². The minimum Gasteiger partial charge on any atom is -0.484 e. The van der Waals surface area contributed by atoms with E-state index >= 15 is 0 Å². The fourth-order valence-electron chi connectivity index (χ4n) is 2.79. The second-order valence-corrected chi connectivity index (χ2v) is 6.09. The molecule has 1 amide bonds. The van der Waals surface area contributed by atoms with Crippen LogP contribution in [0.2, 0.25) is 0 Å². The predicted octanol–water partition coefficient (Wildman–Crippen LogP) is 2.45. The number of piperidine rings is 1. The summed E-state index contributed by atoms with van der Waals surface area (Å²) in [7, 11) is 0. The van der Waals surface area contributed by atoms with Crippen molar-refractivity contribution in [2.75, 3.05) is 26.2 Å². The van der Waals surface area contributed by atoms with Crippen LogP contribution in [0.15, 0.2) is 48.7 Å². The molecule has 0 atom stereocenters. The molecule has 1 aliphatic rings. The highest BCUT2D eigenvalue weighted by Crippen LogP contribution is 2.22. The highest BCUT2D eigenvalue weighted by Gasteiger charge is 2.22. The average Bonchev–Trinajstić information content (AvgIpc) is 2.68. The fraction of sp³-hybridized carbons (Fsp3) is 0.368. The number of likely N-dealkylation sites (tertiary alicyclic amines) is 1. The van der Waals surface area contributed by atoms with Gasteiger partial charge in [-0.05, 0) is 55.6 Å². The summed E-state index contributed by atoms with van der Waals surface area (Å²) < 4.78 is 11.2. The lowest BCUT2D eigenvalue weighted by atomic mass is 9.97. The van der Waals surface area contributed by atoms with Crippen LogP contribution in [0, 0.1) is 5.92 Å². The molecule has 1 saturated heterocycles. The lowest BCUT2D eigenvalue weighted by Crippen LogP contribution is -2.42. The van der Waals surface area contributed by atoms with Crippen molar-refractivity contribution in [3.63, 3.8) is 0 Å². The van der Waals surface area contributed by atoms with Crippen LogP contribution in [0.4, 0.5) is 0 Å². The maximum absolute atomic E-state index is 12.2. The van der Waals surface area contributed by atoms with Crippen molar-refractivity contribution in [1.29, 1.82) is 0 Å². The van der Waals surface area contributed by atoms with Gasteiger partial charge in [-0.1, -0.05) is 6.07 Å². The van der Waals surface area contributed by atoms with Crippen molar-refractivity contribution in [2.45, 2.75) is 12.8 Å². The molecule has 1 aliphatic heterocycles. The highest BCUT2D eigenvalue weighted by molar-refractivity contribution is 5.77. The van der Waals surface area contributed by atoms with Crippen LogP contribution in [0.1, 0.15) is 12.8 Å². The molecule has 25 heavy (non-hydrogen) atoms. The van der Waals surface area contributed by atoms with Crippen LogP contribution >= 0.6 is 0 Å². The van der Waals surface area contributed by atoms with E-state index < -0.39 is 0 Å². The smallest absolute Gasteiger partial charge is 0.260 e. The summed E-state index contributed by atoms with van der Waals surface area (Å²) in [5, 5.41) is 0. The van der Waals surface area contributed by atoms with E-state index in [0.717, 1.165) is 25.9 Å². The molecule has 6 heteroatoms. The molecule has 2 aromatic rings. The Morgan fingerprint density at radius 2 is 1.84 bits per heavy atom. The zero-order valence-corrected chi connectivity index (χ0v) is 14.1. The number of carbonyl (C=O) groups is 1. The zero-order chi connectivity index (χ0) is 17.5. The second-order valence-electron chi connectivity index (χ2n) is 6.09. The van der Waals surface area contributed by atoms with E-state index in [0.29, 0.717) is 29.8 Å². The monoisotopic (exact) mass is 341 g/mol. The van der Waals surface area contributed by atoms with Gasteiger partial charge in [0, 0.05) is 25.4 Å². The zero-order valence-electron chi connectivity index (χ0n) is 14.1. The molecule has 2 heterocycles. The van der Waals surface area contributed by atoms with Gasteiger partial charge in [0.25, 0.3) is 5.91 Å². The summed E-state index contributed by atoms with van der Waals surface area (Å²) in [5.41, 5.74) is 5.68. The molecular formula is C19H23N3O3. The predicted molar refractivity (Wildman–Crippen MR) is 94.6 cm³/mol. The number of pyridine rings is 1. The Labute approximate surface area is 147 Å². The molecule has 2 N–H and O–H groups in total. The molecule has 1 fully saturated rings. The van der Waals surface area contributed by atoms with Gasteiger partial charge in [-0.3, -0.25) is 4.79 Å². The van der Waals surface area contributed by atoms with Gasteiger partial charge in [-0.15, -0.1) is 0 Å². The van der Waals surface area contributed by atoms with Crippen LogP contribution in [0.25, 0.3) is 0 Å². The van der Waals surface area contributed by atoms with Crippen LogP contribution in [-0.2, 0) is 4.79 Å². The first-order valence-corrected chi connectivity index (χ1v) is 8.54. The molecule has 0 bridgehead atoms. The third kappa shape index (κ3) is 4.93. The number of rotatable bonds is 6. The van der Waals surface area contributed by atoms with E-state index in [9.17, 15) is 4.79 Å². The second kappa shape index (κ2) is 8.48. The van der Waals surface area contributed by atoms with E-state index in [2.05, 4.69) is 4.98 Å². The SMILES string of the molecule is NCC1CCN(C(=O)COc2ccc(Oc3ccccn3)cc2)CC1. The summed E-state index contributed by atoms with van der Waals surface area (Å²) in [6, 6.07) is 12.6. The van der Waals surface area contributed by atoms with Crippen LogP contribution < -0.4 is 15.2 Å². The first-order valence-electron chi connectivity index (χ1n) is 8.54. The molecule has 0 radical (unpaired) electrons. The van der Waals surface area contributed by atoms with Gasteiger partial charge < -0.3 is 20.1 Å². The number of carbonyl (C=O) groups excluding carboxylic acids is 1. The summed E-state index contributed by atoms with van der Waals surface area (Å²) in [6.07, 6.45) is 3.62. The maximum atomic E-state index is 12.2. The van der Waals surface area contributed by atoms with Gasteiger partial charge in [0.1, 0.15) is 11.5 Å². The number of nitrogens with zero attached hydrogens (tertiary/aromatic N) is 2. The normalized spacial score (nSPS) is 15.0. The summed E-state index contributed by atoms with van der Waals surface area (Å²) in [5.74, 6) is 2.40. The first-order chi connectivity index (χ1) is 12.2. The number of hydrogen-bond donors (Lipinski definition) is 1. The van der Waals surface area contributed by atoms with Gasteiger partial charge in [0.2, 0.25) is 5.88 Å². The molecule has 0 spiro atoms. The Hall–Kier alpha value is -2.60. The molecule has 3 rings (SSSR count). The third-order valence-electron chi connectivity index (χ3n) is 4.35. The van der Waals surface area contributed by atoms with Crippen LogP contribution in [0.5, 0.6) is 17.4 Å². The summed E-state index contributed by atoms with van der Waals surface area (Å²) in [6.45, 7) is 2.28. The van der Waals surface area contributed by atoms with E-state index in [1.807, 2.05) is 17.0 Å². The Morgan fingerprint density at radius 3 is 2.48 bits per heavy atom. The number of hydrogen-bond acceptors (Lipinski definition) is 5. The molecule has 0 saturated carbocycles. The number of ether oxygens (including phenoxy) is 2. The van der Waals surface area contributed by atoms with Gasteiger partial charge >= 0.3 is 0 Å². The maximum Gasteiger partial charge on any atom is 0.260 e. The van der Waals surface area contributed by atoms with E-state index in [-0.39, 0.29) is 12.5 Å². The Kier molecular flexibility index (Phi) is 5.85. The van der Waals surface area contributed by atoms with Crippen molar-refractivity contribution in [1.82, 2.24) is 9.88 Å². The number of aromatic nitrogens is 1. The van der Waals surface area contributed by atoms with E-state index in [1.54, 1.807) is 36.5 Å². The molecule has 6 nitrogen and oxygen atoms in total. The molecule has 1 aromatic heterocycles. The largest absolute Gasteiger partial charge is 0.484 e. The number of amides is 1. The highest BCUT2D eigenvalue weighted by atomic mass is 16.5. The molecule has 0 aliphatic carbocycles. The lowest BCUT2D eigenvalue weighted by molar-refractivity contribution is -0.134.